The number of hydrogen-bond donors (Lipinski definition) is 0. The van der Waals surface area contributed by atoms with Crippen molar-refractivity contribution in [2.75, 3.05) is 14.2 Å². The minimum Gasteiger partial charge on any atom is -0.469 e. The van der Waals surface area contributed by atoms with Gasteiger partial charge in [0, 0.05) is 25.7 Å². The third kappa shape index (κ3) is 15.5. The van der Waals surface area contributed by atoms with Gasteiger partial charge < -0.3 is 9.47 Å². The molecular weight excluding hydrogens is 689 g/mol. The van der Waals surface area contributed by atoms with Gasteiger partial charge in [-0.1, -0.05) is 136 Å². The second-order valence-corrected chi connectivity index (χ2v) is 19.6. The molecule has 56 heavy (non-hydrogen) atoms. The summed E-state index contributed by atoms with van der Waals surface area (Å²) in [5, 5.41) is 0. The van der Waals surface area contributed by atoms with Gasteiger partial charge in [-0.15, -0.1) is 0 Å². The Labute approximate surface area is 346 Å². The highest BCUT2D eigenvalue weighted by Crippen LogP contribution is 2.67. The highest BCUT2D eigenvalue weighted by molar-refractivity contribution is 5.69. The van der Waals surface area contributed by atoms with Gasteiger partial charge in [0.2, 0.25) is 0 Å². The minimum atomic E-state index is -0.108. The quantitative estimate of drug-likeness (QED) is 0.0504. The average molecular weight is 775 g/mol. The maximum absolute atomic E-state index is 11.0. The highest BCUT2D eigenvalue weighted by Gasteiger charge is 2.58. The number of carbonyl (C=O) groups excluding carboxylic acids is 2. The smallest absolute Gasteiger partial charge is 0.305 e. The molecule has 0 aromatic heterocycles. The van der Waals surface area contributed by atoms with Gasteiger partial charge in [-0.25, -0.2) is 0 Å². The van der Waals surface area contributed by atoms with Crippen molar-refractivity contribution in [3.63, 3.8) is 0 Å². The molecule has 0 spiro atoms. The van der Waals surface area contributed by atoms with Crippen molar-refractivity contribution in [1.82, 2.24) is 0 Å². The molecule has 8 unspecified atom stereocenters. The Morgan fingerprint density at radius 3 is 1.80 bits per heavy atom. The van der Waals surface area contributed by atoms with Crippen LogP contribution in [-0.2, 0) is 19.1 Å². The first kappa shape index (κ1) is 48.2. The zero-order chi connectivity index (χ0) is 40.8. The van der Waals surface area contributed by atoms with Crippen LogP contribution >= 0.6 is 0 Å². The van der Waals surface area contributed by atoms with Crippen LogP contribution in [0.2, 0.25) is 0 Å². The first-order valence-corrected chi connectivity index (χ1v) is 23.7. The van der Waals surface area contributed by atoms with Crippen LogP contribution in [0.4, 0.5) is 0 Å². The number of rotatable bonds is 21. The number of esters is 2. The van der Waals surface area contributed by atoms with E-state index in [1.54, 1.807) is 0 Å². The number of unbranched alkanes of at least 4 members (excludes halogenated alkanes) is 12. The van der Waals surface area contributed by atoms with Crippen molar-refractivity contribution in [2.45, 2.75) is 215 Å². The average Bonchev–Trinajstić information content (AvgIpc) is 3.54. The molecule has 8 atom stereocenters. The first-order valence-electron chi connectivity index (χ1n) is 23.7. The summed E-state index contributed by atoms with van der Waals surface area (Å²) in [6.07, 6.45) is 35.3. The lowest BCUT2D eigenvalue weighted by molar-refractivity contribution is -0.141. The van der Waals surface area contributed by atoms with Crippen molar-refractivity contribution < 1.29 is 19.1 Å². The lowest BCUT2D eigenvalue weighted by Gasteiger charge is -2.58. The molecule has 0 aromatic rings. The largest absolute Gasteiger partial charge is 0.469 e. The molecule has 0 amide bonds. The molecule has 4 rings (SSSR count). The van der Waals surface area contributed by atoms with E-state index in [-0.39, 0.29) is 11.9 Å². The summed E-state index contributed by atoms with van der Waals surface area (Å²) in [6.45, 7) is 15.3. The van der Waals surface area contributed by atoms with Crippen LogP contribution in [0.15, 0.2) is 11.6 Å². The summed E-state index contributed by atoms with van der Waals surface area (Å²) in [4.78, 5) is 21.9. The molecule has 3 fully saturated rings. The topological polar surface area (TPSA) is 52.6 Å². The molecule has 0 heterocycles. The summed E-state index contributed by atoms with van der Waals surface area (Å²) in [7, 11) is 2.88. The zero-order valence-electron chi connectivity index (χ0n) is 37.8. The molecule has 0 bridgehead atoms. The zero-order valence-corrected chi connectivity index (χ0v) is 37.8. The fourth-order valence-electron chi connectivity index (χ4n) is 11.7. The van der Waals surface area contributed by atoms with E-state index in [0.717, 1.165) is 92.8 Å². The minimum absolute atomic E-state index is 0.108. The van der Waals surface area contributed by atoms with Crippen LogP contribution in [0.25, 0.3) is 0 Å². The maximum Gasteiger partial charge on any atom is 0.305 e. The number of ether oxygens (including phenoxy) is 2. The van der Waals surface area contributed by atoms with Crippen molar-refractivity contribution in [2.24, 2.45) is 52.3 Å². The Morgan fingerprint density at radius 2 is 1.25 bits per heavy atom. The fourth-order valence-corrected chi connectivity index (χ4v) is 11.7. The van der Waals surface area contributed by atoms with Crippen molar-refractivity contribution in [3.8, 4) is 23.7 Å². The van der Waals surface area contributed by atoms with E-state index >= 15 is 0 Å². The van der Waals surface area contributed by atoms with E-state index in [4.69, 9.17) is 0 Å². The lowest BCUT2D eigenvalue weighted by atomic mass is 9.46. The first-order chi connectivity index (χ1) is 27.0. The molecule has 4 aliphatic carbocycles. The molecule has 4 aliphatic rings. The molecule has 4 heteroatoms. The van der Waals surface area contributed by atoms with Gasteiger partial charge in [-0.2, -0.15) is 0 Å². The van der Waals surface area contributed by atoms with E-state index in [9.17, 15) is 9.59 Å². The van der Waals surface area contributed by atoms with E-state index < -0.39 is 0 Å². The highest BCUT2D eigenvalue weighted by atomic mass is 16.5. The molecule has 318 valence electrons. The lowest BCUT2D eigenvalue weighted by Crippen LogP contribution is -2.50. The number of methoxy groups -OCH3 is 2. The summed E-state index contributed by atoms with van der Waals surface area (Å²) in [5.41, 5.74) is 3.06. The number of hydrogen-bond acceptors (Lipinski definition) is 4. The molecule has 0 aromatic carbocycles. The molecule has 3 saturated carbocycles. The van der Waals surface area contributed by atoms with Crippen LogP contribution in [0.3, 0.4) is 0 Å². The van der Waals surface area contributed by atoms with Crippen molar-refractivity contribution >= 4 is 11.9 Å². The molecule has 4 nitrogen and oxygen atoms in total. The molecular formula is C52H86O4. The van der Waals surface area contributed by atoms with Gasteiger partial charge in [0.25, 0.3) is 0 Å². The van der Waals surface area contributed by atoms with Crippen LogP contribution in [0.5, 0.6) is 0 Å². The maximum atomic E-state index is 11.0. The molecule has 0 saturated heterocycles. The molecule has 0 N–H and O–H groups in total. The van der Waals surface area contributed by atoms with Gasteiger partial charge in [0.05, 0.1) is 14.2 Å². The van der Waals surface area contributed by atoms with Crippen molar-refractivity contribution in [1.29, 1.82) is 0 Å². The Kier molecular flexibility index (Phi) is 22.4. The van der Waals surface area contributed by atoms with Gasteiger partial charge >= 0.3 is 11.9 Å². The fraction of sp³-hybridized carbons (Fsp3) is 0.846. The van der Waals surface area contributed by atoms with Crippen LogP contribution in [0.1, 0.15) is 215 Å². The Bertz CT molecular complexity index is 1260. The van der Waals surface area contributed by atoms with Gasteiger partial charge in [0.1, 0.15) is 0 Å². The third-order valence-electron chi connectivity index (χ3n) is 15.1. The van der Waals surface area contributed by atoms with Gasteiger partial charge in [-0.3, -0.25) is 9.59 Å². The Hall–Kier alpha value is -2.20. The summed E-state index contributed by atoms with van der Waals surface area (Å²) in [6, 6.07) is 0. The normalized spacial score (nSPS) is 28.1. The van der Waals surface area contributed by atoms with Crippen LogP contribution in [-0.4, -0.2) is 26.2 Å². The number of fused-ring (bicyclic) bond motifs is 5. The number of allylic oxidation sites excluding steroid dienone is 2. The van der Waals surface area contributed by atoms with Crippen LogP contribution < -0.4 is 0 Å². The molecule has 0 radical (unpaired) electrons. The summed E-state index contributed by atoms with van der Waals surface area (Å²) in [5.74, 6) is 18.7. The molecule has 0 aliphatic heterocycles. The second kappa shape index (κ2) is 26.0. The van der Waals surface area contributed by atoms with Crippen molar-refractivity contribution in [3.05, 3.63) is 11.6 Å². The predicted molar refractivity (Wildman–Crippen MR) is 236 cm³/mol. The van der Waals surface area contributed by atoms with E-state index in [1.807, 2.05) is 5.57 Å². The Morgan fingerprint density at radius 1 is 0.696 bits per heavy atom. The Balaban J connectivity index is 0.000000300. The monoisotopic (exact) mass is 775 g/mol. The van der Waals surface area contributed by atoms with E-state index in [0.29, 0.717) is 23.7 Å². The predicted octanol–water partition coefficient (Wildman–Crippen LogP) is 14.2. The summed E-state index contributed by atoms with van der Waals surface area (Å²) >= 11 is 0. The van der Waals surface area contributed by atoms with Gasteiger partial charge in [0.15, 0.2) is 0 Å². The number of carbonyl (C=O) groups is 2. The van der Waals surface area contributed by atoms with Gasteiger partial charge in [-0.05, 0) is 141 Å². The SMILES string of the molecule is CC(C)CCCC(C)C1CCC2C3CC=C4CC(C)CCC4(C)C3CCC12C.COC(=O)CCCCCCCCC#CC#CCCCCCCCCC(=O)OC. The standard InChI is InChI=1S/C28H48.C24H38O4/c1-19(2)8-7-9-21(4)24-12-13-25-23-11-10-22-18-20(3)14-16-27(22,5)26(23)15-17-28(24,25)6;1-27-23(25)21-19-17-15-13-11-9-7-5-3-4-6-8-10-12-14-16-18-20-22-24(26)28-2/h10,19-21,23-26H,7-9,11-18H2,1-6H3;7-22H2,1-2H3. The third-order valence-corrected chi connectivity index (χ3v) is 15.1. The van der Waals surface area contributed by atoms with E-state index in [2.05, 4.69) is 80.8 Å². The summed E-state index contributed by atoms with van der Waals surface area (Å²) < 4.78 is 9.24. The van der Waals surface area contributed by atoms with Crippen LogP contribution in [0, 0.1) is 75.9 Å². The second-order valence-electron chi connectivity index (χ2n) is 19.6. The van der Waals surface area contributed by atoms with E-state index in [1.165, 1.54) is 123 Å².